The smallest absolute Gasteiger partial charge is 0.423 e. The average molecular weight is 572 g/mol. The molecule has 1 aliphatic rings. The average Bonchev–Trinajstić information content (AvgIpc) is 3.27. The Bertz CT molecular complexity index is 1350. The lowest BCUT2D eigenvalue weighted by atomic mass is 9.88. The predicted octanol–water partition coefficient (Wildman–Crippen LogP) is 5.54. The zero-order valence-corrected chi connectivity index (χ0v) is 22.3. The van der Waals surface area contributed by atoms with Crippen molar-refractivity contribution in [3.63, 3.8) is 0 Å². The molecule has 8 nitrogen and oxygen atoms in total. The molecule has 0 radical (unpaired) electrons. The number of benzene rings is 1. The van der Waals surface area contributed by atoms with Crippen LogP contribution in [0.4, 0.5) is 27.9 Å². The maximum atomic E-state index is 14.7. The van der Waals surface area contributed by atoms with Gasteiger partial charge in [-0.15, -0.1) is 11.3 Å². The molecule has 0 bridgehead atoms. The van der Waals surface area contributed by atoms with E-state index in [0.717, 1.165) is 12.0 Å². The molecule has 0 unspecified atom stereocenters. The first-order valence-corrected chi connectivity index (χ1v) is 12.7. The zero-order chi connectivity index (χ0) is 28.5. The molecule has 0 saturated carbocycles. The summed E-state index contributed by atoms with van der Waals surface area (Å²) in [6, 6.07) is 6.24. The highest BCUT2D eigenvalue weighted by molar-refractivity contribution is 7.15. The lowest BCUT2D eigenvalue weighted by Crippen LogP contribution is -2.57. The van der Waals surface area contributed by atoms with Crippen molar-refractivity contribution >= 4 is 23.2 Å². The standard InChI is InChI=1S/C25H26F5N5O3S/c1-13-9-24(26,27)12-35(18(13)11-32-23-31-10-17(25(28,29)30)21(34-23)38-4)22(36)19-20(39-14(2)33-19)15-6-5-7-16(8-15)37-3/h5-8,10,13,18H,9,11-12H2,1-4H3,(H,31,32,34)/t13-,18-/m1/s1. The van der Waals surface area contributed by atoms with Gasteiger partial charge in [0.15, 0.2) is 0 Å². The number of anilines is 1. The Hall–Kier alpha value is -3.55. The third kappa shape index (κ3) is 6.21. The molecule has 4 rings (SSSR count). The van der Waals surface area contributed by atoms with Gasteiger partial charge in [0.25, 0.3) is 11.8 Å². The second-order valence-corrected chi connectivity index (χ2v) is 10.4. The largest absolute Gasteiger partial charge is 0.497 e. The number of piperidine rings is 1. The number of carbonyl (C=O) groups excluding carboxylic acids is 1. The Morgan fingerprint density at radius 3 is 2.64 bits per heavy atom. The maximum Gasteiger partial charge on any atom is 0.423 e. The first kappa shape index (κ1) is 28.5. The number of hydrogen-bond acceptors (Lipinski definition) is 8. The molecule has 1 amide bonds. The molecule has 1 N–H and O–H groups in total. The molecular formula is C25H26F5N5O3S. The van der Waals surface area contributed by atoms with E-state index < -0.39 is 54.4 Å². The molecule has 3 aromatic rings. The normalized spacial score (nSPS) is 19.1. The van der Waals surface area contributed by atoms with Crippen LogP contribution in [-0.2, 0) is 6.18 Å². The second-order valence-electron chi connectivity index (χ2n) is 9.18. The Morgan fingerprint density at radius 1 is 1.23 bits per heavy atom. The lowest BCUT2D eigenvalue weighted by Gasteiger charge is -2.43. The van der Waals surface area contributed by atoms with Crippen LogP contribution in [0.25, 0.3) is 10.4 Å². The molecule has 1 aliphatic heterocycles. The number of ether oxygens (including phenoxy) is 2. The Labute approximate surface area is 225 Å². The predicted molar refractivity (Wildman–Crippen MR) is 134 cm³/mol. The number of halogens is 5. The number of aromatic nitrogens is 3. The van der Waals surface area contributed by atoms with Gasteiger partial charge in [0, 0.05) is 19.2 Å². The van der Waals surface area contributed by atoms with Crippen molar-refractivity contribution in [3.8, 4) is 22.1 Å². The molecule has 1 saturated heterocycles. The van der Waals surface area contributed by atoms with E-state index in [1.54, 1.807) is 38.1 Å². The molecule has 0 aliphatic carbocycles. The lowest BCUT2D eigenvalue weighted by molar-refractivity contribution is -0.139. The van der Waals surface area contributed by atoms with E-state index in [4.69, 9.17) is 9.47 Å². The first-order valence-electron chi connectivity index (χ1n) is 11.9. The van der Waals surface area contributed by atoms with Crippen molar-refractivity contribution in [3.05, 3.63) is 46.7 Å². The summed E-state index contributed by atoms with van der Waals surface area (Å²) in [4.78, 5) is 27.2. The SMILES string of the molecule is COc1cccc(-c2sc(C)nc2C(=O)N2CC(F)(F)C[C@@H](C)[C@H]2CNc2ncc(C(F)(F)F)c(OC)n2)c1. The van der Waals surface area contributed by atoms with Crippen molar-refractivity contribution in [1.29, 1.82) is 0 Å². The topological polar surface area (TPSA) is 89.5 Å². The zero-order valence-electron chi connectivity index (χ0n) is 21.5. The summed E-state index contributed by atoms with van der Waals surface area (Å²) in [6.07, 6.45) is -4.62. The number of hydrogen-bond donors (Lipinski definition) is 1. The van der Waals surface area contributed by atoms with Gasteiger partial charge >= 0.3 is 6.18 Å². The maximum absolute atomic E-state index is 14.7. The van der Waals surface area contributed by atoms with Gasteiger partial charge < -0.3 is 19.7 Å². The van der Waals surface area contributed by atoms with E-state index in [-0.39, 0.29) is 18.2 Å². The number of aryl methyl sites for hydroxylation is 1. The van der Waals surface area contributed by atoms with Gasteiger partial charge in [-0.25, -0.2) is 18.7 Å². The van der Waals surface area contributed by atoms with Gasteiger partial charge in [0.05, 0.1) is 36.7 Å². The number of thiazole rings is 1. The minimum absolute atomic E-state index is 0.0353. The number of amides is 1. The van der Waals surface area contributed by atoms with Gasteiger partial charge in [0.2, 0.25) is 11.8 Å². The Balaban J connectivity index is 1.64. The van der Waals surface area contributed by atoms with E-state index in [2.05, 4.69) is 20.3 Å². The molecule has 2 aromatic heterocycles. The van der Waals surface area contributed by atoms with Crippen LogP contribution in [-0.4, -0.2) is 65.0 Å². The van der Waals surface area contributed by atoms with Crippen LogP contribution < -0.4 is 14.8 Å². The van der Waals surface area contributed by atoms with Crippen molar-refractivity contribution in [2.24, 2.45) is 5.92 Å². The van der Waals surface area contributed by atoms with Crippen molar-refractivity contribution in [1.82, 2.24) is 19.9 Å². The highest BCUT2D eigenvalue weighted by Crippen LogP contribution is 2.39. The van der Waals surface area contributed by atoms with E-state index in [1.807, 2.05) is 0 Å². The summed E-state index contributed by atoms with van der Waals surface area (Å²) in [6.45, 7) is 2.37. The minimum Gasteiger partial charge on any atom is -0.497 e. The van der Waals surface area contributed by atoms with E-state index in [1.165, 1.54) is 18.4 Å². The Kier molecular flexibility index (Phi) is 7.96. The summed E-state index contributed by atoms with van der Waals surface area (Å²) in [5, 5.41) is 3.36. The second kappa shape index (κ2) is 10.9. The molecule has 14 heteroatoms. The summed E-state index contributed by atoms with van der Waals surface area (Å²) >= 11 is 1.26. The fraction of sp³-hybridized carbons (Fsp3) is 0.440. The molecule has 0 spiro atoms. The molecule has 210 valence electrons. The van der Waals surface area contributed by atoms with E-state index >= 15 is 0 Å². The third-order valence-corrected chi connectivity index (χ3v) is 7.35. The van der Waals surface area contributed by atoms with E-state index in [0.29, 0.717) is 27.4 Å². The number of methoxy groups -OCH3 is 2. The summed E-state index contributed by atoms with van der Waals surface area (Å²) < 4.78 is 78.9. The fourth-order valence-electron chi connectivity index (χ4n) is 4.54. The van der Waals surface area contributed by atoms with Crippen molar-refractivity contribution in [2.75, 3.05) is 32.6 Å². The highest BCUT2D eigenvalue weighted by Gasteiger charge is 2.47. The Morgan fingerprint density at radius 2 is 1.97 bits per heavy atom. The van der Waals surface area contributed by atoms with Crippen LogP contribution in [0.5, 0.6) is 11.6 Å². The number of nitrogens with one attached hydrogen (secondary N) is 1. The molecule has 1 aromatic carbocycles. The monoisotopic (exact) mass is 571 g/mol. The van der Waals surface area contributed by atoms with Gasteiger partial charge in [-0.05, 0) is 30.5 Å². The summed E-state index contributed by atoms with van der Waals surface area (Å²) in [5.41, 5.74) is -0.463. The van der Waals surface area contributed by atoms with E-state index in [9.17, 15) is 26.7 Å². The van der Waals surface area contributed by atoms with Crippen LogP contribution in [0.3, 0.4) is 0 Å². The van der Waals surface area contributed by atoms with Crippen LogP contribution in [0.2, 0.25) is 0 Å². The first-order chi connectivity index (χ1) is 18.3. The quantitative estimate of drug-likeness (QED) is 0.373. The fourth-order valence-corrected chi connectivity index (χ4v) is 5.45. The van der Waals surface area contributed by atoms with Crippen molar-refractivity contribution < 1.29 is 36.2 Å². The number of likely N-dealkylation sites (tertiary alicyclic amines) is 1. The number of nitrogens with zero attached hydrogens (tertiary/aromatic N) is 4. The number of rotatable bonds is 7. The summed E-state index contributed by atoms with van der Waals surface area (Å²) in [5.74, 6) is -4.80. The molecular weight excluding hydrogens is 545 g/mol. The van der Waals surface area contributed by atoms with Crippen LogP contribution in [0, 0.1) is 12.8 Å². The number of alkyl halides is 5. The van der Waals surface area contributed by atoms with Crippen LogP contribution >= 0.6 is 11.3 Å². The number of carbonyl (C=O) groups is 1. The summed E-state index contributed by atoms with van der Waals surface area (Å²) in [7, 11) is 2.55. The van der Waals surface area contributed by atoms with Crippen LogP contribution in [0.15, 0.2) is 30.5 Å². The van der Waals surface area contributed by atoms with Crippen molar-refractivity contribution in [2.45, 2.75) is 38.4 Å². The molecule has 3 heterocycles. The van der Waals surface area contributed by atoms with Crippen LogP contribution in [0.1, 0.15) is 34.4 Å². The molecule has 39 heavy (non-hydrogen) atoms. The molecule has 1 fully saturated rings. The van der Waals surface area contributed by atoms with Gasteiger partial charge in [0.1, 0.15) is 17.0 Å². The van der Waals surface area contributed by atoms with Gasteiger partial charge in [-0.3, -0.25) is 4.79 Å². The van der Waals surface area contributed by atoms with Gasteiger partial charge in [-0.2, -0.15) is 18.2 Å². The van der Waals surface area contributed by atoms with Gasteiger partial charge in [-0.1, -0.05) is 19.1 Å². The molecule has 2 atom stereocenters. The minimum atomic E-state index is -4.72. The third-order valence-electron chi connectivity index (χ3n) is 6.33. The highest BCUT2D eigenvalue weighted by atomic mass is 32.1.